The molecule has 12 aromatic carbocycles. The number of hydrogen-bond donors (Lipinski definition) is 0. The van der Waals surface area contributed by atoms with Crippen molar-refractivity contribution in [1.82, 2.24) is 0 Å². The molecule has 0 radical (unpaired) electrons. The Kier molecular flexibility index (Phi) is 14.3. The number of rotatable bonds is 13. The quantitative estimate of drug-likeness (QED) is 0.107. The minimum Gasteiger partial charge on any atom is -0.311 e. The fourth-order valence-electron chi connectivity index (χ4n) is 10.2. The summed E-state index contributed by atoms with van der Waals surface area (Å²) < 4.78 is 12.2. The van der Waals surface area contributed by atoms with Gasteiger partial charge in [-0.25, -0.2) is 0 Å². The third-order valence-corrected chi connectivity index (χ3v) is 17.4. The maximum absolute atomic E-state index is 12.2. The number of nitrogens with zero attached hydrogens (tertiary/aromatic N) is 1. The molecule has 366 valence electrons. The molecule has 12 aromatic rings. The zero-order chi connectivity index (χ0) is 51.9. The van der Waals surface area contributed by atoms with Crippen LogP contribution in [0.5, 0.6) is 0 Å². The molecule has 0 aliphatic rings. The van der Waals surface area contributed by atoms with Gasteiger partial charge in [0, 0.05) is 22.4 Å². The Morgan fingerprint density at radius 2 is 0.416 bits per heavy atom. The van der Waals surface area contributed by atoms with Gasteiger partial charge in [-0.3, -0.25) is 4.57 Å². The normalized spacial score (nSPS) is 11.2. The van der Waals surface area contributed by atoms with Crippen molar-refractivity contribution in [2.75, 3.05) is 4.90 Å². The lowest BCUT2D eigenvalue weighted by Gasteiger charge is -2.26. The van der Waals surface area contributed by atoms with Crippen LogP contribution < -0.4 is 10.2 Å². The average Bonchev–Trinajstić information content (AvgIpc) is 3.52. The first-order valence-electron chi connectivity index (χ1n) is 25.7. The SMILES string of the molecule is O=P(=S=S)c1ccc(-c2ccc(-c3ccc(-c4ccc(N(c5ccc(-c6cc(-c7ccccc7)cc(-c7ccccc7)c6)cc5)c5ccc(-c6cc(-c7ccccc7)cc(-c7ccccc7)c6)cc5)cc4)cc3)cc2)cc1. The smallest absolute Gasteiger partial charge is 0.197 e. The van der Waals surface area contributed by atoms with Crippen LogP contribution in [0.4, 0.5) is 17.1 Å². The van der Waals surface area contributed by atoms with Gasteiger partial charge in [-0.2, -0.15) is 0 Å². The van der Waals surface area contributed by atoms with Crippen LogP contribution >= 0.6 is 6.58 Å². The third kappa shape index (κ3) is 10.9. The van der Waals surface area contributed by atoms with Crippen LogP contribution in [0.2, 0.25) is 0 Å². The molecule has 0 bridgehead atoms. The Balaban J connectivity index is 0.875. The summed E-state index contributed by atoms with van der Waals surface area (Å²) in [5.74, 6) is 0. The van der Waals surface area contributed by atoms with Gasteiger partial charge in [0.15, 0.2) is 6.58 Å². The molecule has 5 heteroatoms. The molecule has 0 fully saturated rings. The largest absolute Gasteiger partial charge is 0.311 e. The van der Waals surface area contributed by atoms with Gasteiger partial charge in [0.1, 0.15) is 0 Å². The maximum Gasteiger partial charge on any atom is 0.197 e. The van der Waals surface area contributed by atoms with Crippen molar-refractivity contribution in [3.63, 3.8) is 0 Å². The monoisotopic (exact) mass is 1040 g/mol. The van der Waals surface area contributed by atoms with E-state index >= 15 is 0 Å². The Morgan fingerprint density at radius 1 is 0.234 bits per heavy atom. The lowest BCUT2D eigenvalue weighted by atomic mass is 9.93. The molecule has 1 atom stereocenters. The van der Waals surface area contributed by atoms with Crippen molar-refractivity contribution in [3.05, 3.63) is 303 Å². The topological polar surface area (TPSA) is 20.3 Å². The van der Waals surface area contributed by atoms with Crippen LogP contribution in [0.15, 0.2) is 303 Å². The lowest BCUT2D eigenvalue weighted by molar-refractivity contribution is 0.602. The Hall–Kier alpha value is -9.02. The highest BCUT2D eigenvalue weighted by atomic mass is 32.9. The van der Waals surface area contributed by atoms with Gasteiger partial charge in [-0.05, 0) is 206 Å². The molecule has 0 amide bonds. The molecule has 0 heterocycles. The standard InChI is InChI=1S/C72H50NOPS2/c74-75(77-76)72-43-35-60(36-44-72)58-27-23-56(24-28-58)55-21-25-57(26-22-55)59-29-37-69(38-30-59)73(70-39-31-61(32-40-70)67-47-63(51-13-5-1-6-14-51)45-64(48-67)52-15-7-2-8-16-52)71-41-33-62(34-42-71)68-49-65(53-17-9-3-10-18-53)46-66(50-68)54-19-11-4-12-20-54/h1-50H. The highest BCUT2D eigenvalue weighted by molar-refractivity contribution is 8.34. The van der Waals surface area contributed by atoms with E-state index in [0.29, 0.717) is 0 Å². The summed E-state index contributed by atoms with van der Waals surface area (Å²) in [5.41, 5.74) is 24.1. The van der Waals surface area contributed by atoms with Gasteiger partial charge in [-0.15, -0.1) is 0 Å². The molecule has 0 spiro atoms. The summed E-state index contributed by atoms with van der Waals surface area (Å²) in [5, 5.41) is 0.766. The molecule has 12 rings (SSSR count). The van der Waals surface area contributed by atoms with Gasteiger partial charge in [0.05, 0.1) is 0 Å². The predicted molar refractivity (Wildman–Crippen MR) is 332 cm³/mol. The first-order chi connectivity index (χ1) is 38.0. The van der Waals surface area contributed by atoms with Gasteiger partial charge < -0.3 is 4.90 Å². The van der Waals surface area contributed by atoms with Crippen molar-refractivity contribution in [2.24, 2.45) is 0 Å². The molecule has 2 nitrogen and oxygen atoms in total. The summed E-state index contributed by atoms with van der Waals surface area (Å²) in [6.07, 6.45) is 0. The van der Waals surface area contributed by atoms with Crippen molar-refractivity contribution < 1.29 is 4.57 Å². The second-order valence-electron chi connectivity index (χ2n) is 19.1. The van der Waals surface area contributed by atoms with E-state index in [1.807, 2.05) is 24.3 Å². The third-order valence-electron chi connectivity index (χ3n) is 14.3. The van der Waals surface area contributed by atoms with Gasteiger partial charge in [0.2, 0.25) is 0 Å². The van der Waals surface area contributed by atoms with Crippen LogP contribution in [-0.2, 0) is 25.3 Å². The summed E-state index contributed by atoms with van der Waals surface area (Å²) in [4.78, 5) is 2.35. The van der Waals surface area contributed by atoms with E-state index in [1.165, 1.54) is 44.5 Å². The van der Waals surface area contributed by atoms with E-state index in [4.69, 9.17) is 11.2 Å². The van der Waals surface area contributed by atoms with E-state index in [-0.39, 0.29) is 0 Å². The average molecular weight is 1040 g/mol. The summed E-state index contributed by atoms with van der Waals surface area (Å²) in [6, 6.07) is 109. The molecule has 0 aromatic heterocycles. The second kappa shape index (κ2) is 22.4. The highest BCUT2D eigenvalue weighted by Crippen LogP contribution is 2.41. The molecule has 0 aliphatic carbocycles. The fourth-order valence-corrected chi connectivity index (χ4v) is 12.0. The predicted octanol–water partition coefficient (Wildman–Crippen LogP) is 20.1. The zero-order valence-electron chi connectivity index (χ0n) is 42.0. The van der Waals surface area contributed by atoms with Crippen LogP contribution in [0.25, 0.3) is 100 Å². The summed E-state index contributed by atoms with van der Waals surface area (Å²) in [7, 11) is 0.967. The van der Waals surface area contributed by atoms with Crippen molar-refractivity contribution in [3.8, 4) is 100 Å². The summed E-state index contributed by atoms with van der Waals surface area (Å²) in [6.45, 7) is -1.60. The van der Waals surface area contributed by atoms with Crippen LogP contribution in [0.1, 0.15) is 0 Å². The van der Waals surface area contributed by atoms with E-state index in [0.717, 1.165) is 87.5 Å². The molecule has 1 unspecified atom stereocenters. The molecule has 0 saturated heterocycles. The Morgan fingerprint density at radius 3 is 0.636 bits per heavy atom. The van der Waals surface area contributed by atoms with E-state index in [1.54, 1.807) is 0 Å². The highest BCUT2D eigenvalue weighted by Gasteiger charge is 2.16. The van der Waals surface area contributed by atoms with Crippen molar-refractivity contribution >= 4 is 49.6 Å². The Bertz CT molecular complexity index is 3800. The van der Waals surface area contributed by atoms with E-state index in [9.17, 15) is 4.57 Å². The number of hydrogen-bond acceptors (Lipinski definition) is 3. The molecular weight excluding hydrogens is 990 g/mol. The van der Waals surface area contributed by atoms with Crippen molar-refractivity contribution in [1.29, 1.82) is 0 Å². The van der Waals surface area contributed by atoms with E-state index < -0.39 is 6.58 Å². The molecule has 0 saturated carbocycles. The Labute approximate surface area is 459 Å². The fraction of sp³-hybridized carbons (Fsp3) is 0. The van der Waals surface area contributed by atoms with Gasteiger partial charge >= 0.3 is 0 Å². The molecule has 0 aliphatic heterocycles. The minimum atomic E-state index is -1.60. The first-order valence-corrected chi connectivity index (χ1v) is 29.3. The first kappa shape index (κ1) is 48.9. The van der Waals surface area contributed by atoms with Gasteiger partial charge in [-0.1, -0.05) is 218 Å². The second-order valence-corrected chi connectivity index (χ2v) is 23.0. The number of anilines is 3. The van der Waals surface area contributed by atoms with Crippen LogP contribution in [0.3, 0.4) is 0 Å². The van der Waals surface area contributed by atoms with Crippen LogP contribution in [0, 0.1) is 0 Å². The van der Waals surface area contributed by atoms with E-state index in [2.05, 4.69) is 284 Å². The molecular formula is C72H50NOPS2. The molecule has 0 N–H and O–H groups in total. The summed E-state index contributed by atoms with van der Waals surface area (Å²) >= 11 is 4.94. The zero-order valence-corrected chi connectivity index (χ0v) is 44.5. The van der Waals surface area contributed by atoms with Gasteiger partial charge in [0.25, 0.3) is 0 Å². The number of benzene rings is 12. The molecule has 77 heavy (non-hydrogen) atoms. The lowest BCUT2D eigenvalue weighted by Crippen LogP contribution is -2.09. The van der Waals surface area contributed by atoms with Crippen molar-refractivity contribution in [2.45, 2.75) is 0 Å². The van der Waals surface area contributed by atoms with Crippen LogP contribution in [-0.4, -0.2) is 0 Å². The minimum absolute atomic E-state index is 0.766. The maximum atomic E-state index is 12.2.